The molecule has 7 nitrogen and oxygen atoms in total. The molecule has 1 saturated carbocycles. The molecule has 0 heterocycles. The Morgan fingerprint density at radius 3 is 2.36 bits per heavy atom. The average molecular weight is 470 g/mol. The number of hydrogen-bond donors (Lipinski definition) is 3. The van der Waals surface area contributed by atoms with Crippen LogP contribution in [0.15, 0.2) is 42.5 Å². The Balaban J connectivity index is 1.84. The maximum absolute atomic E-state index is 12.3. The van der Waals surface area contributed by atoms with Crippen molar-refractivity contribution >= 4 is 17.8 Å². The minimum absolute atomic E-state index is 0.232. The van der Waals surface area contributed by atoms with Crippen LogP contribution in [-0.2, 0) is 25.5 Å². The van der Waals surface area contributed by atoms with E-state index in [0.29, 0.717) is 25.7 Å². The number of nitrogens with one attached hydrogen (secondary N) is 2. The summed E-state index contributed by atoms with van der Waals surface area (Å²) in [4.78, 5) is 35.3. The van der Waals surface area contributed by atoms with Gasteiger partial charge in [-0.05, 0) is 51.0 Å². The van der Waals surface area contributed by atoms with Crippen LogP contribution in [0.25, 0.3) is 0 Å². The Hall–Kier alpha value is -2.88. The molecular formula is C23H30F3N3O4. The molecule has 33 heavy (non-hydrogen) atoms. The highest BCUT2D eigenvalue weighted by Crippen LogP contribution is 2.25. The van der Waals surface area contributed by atoms with Gasteiger partial charge in [-0.15, -0.1) is 0 Å². The molecule has 2 rings (SSSR count). The fraction of sp³-hybridized carbons (Fsp3) is 0.522. The summed E-state index contributed by atoms with van der Waals surface area (Å²) in [5.74, 6) is -2.89. The maximum Gasteiger partial charge on any atom is 0.490 e. The molecule has 182 valence electrons. The van der Waals surface area contributed by atoms with Crippen LogP contribution in [0.4, 0.5) is 13.2 Å². The molecular weight excluding hydrogens is 439 g/mol. The third-order valence-corrected chi connectivity index (χ3v) is 5.33. The number of alkyl halides is 3. The van der Waals surface area contributed by atoms with Crippen LogP contribution in [-0.4, -0.2) is 48.2 Å². The summed E-state index contributed by atoms with van der Waals surface area (Å²) in [6.07, 6.45) is -0.339. The van der Waals surface area contributed by atoms with Gasteiger partial charge in [-0.2, -0.15) is 13.2 Å². The predicted molar refractivity (Wildman–Crippen MR) is 116 cm³/mol. The smallest absolute Gasteiger partial charge is 0.456 e. The number of esters is 1. The van der Waals surface area contributed by atoms with Gasteiger partial charge in [0.1, 0.15) is 6.10 Å². The van der Waals surface area contributed by atoms with Gasteiger partial charge in [-0.25, -0.2) is 4.79 Å². The molecule has 2 amide bonds. The van der Waals surface area contributed by atoms with Crippen LogP contribution < -0.4 is 16.4 Å². The normalized spacial score (nSPS) is 20.6. The number of ether oxygens (including phenoxy) is 1. The van der Waals surface area contributed by atoms with E-state index in [1.807, 2.05) is 30.3 Å². The molecule has 1 fully saturated rings. The number of carbonyl (C=O) groups excluding carboxylic acids is 3. The first-order chi connectivity index (χ1) is 15.5. The number of carbonyl (C=O) groups is 3. The van der Waals surface area contributed by atoms with Crippen molar-refractivity contribution in [3.05, 3.63) is 48.0 Å². The number of hydrogen-bond acceptors (Lipinski definition) is 5. The van der Waals surface area contributed by atoms with Crippen LogP contribution in [0.1, 0.15) is 44.6 Å². The van der Waals surface area contributed by atoms with Crippen LogP contribution >= 0.6 is 0 Å². The average Bonchev–Trinajstić information content (AvgIpc) is 2.76. The van der Waals surface area contributed by atoms with E-state index in [1.165, 1.54) is 6.08 Å². The molecule has 0 bridgehead atoms. The molecule has 0 saturated heterocycles. The number of aryl methyl sites for hydroxylation is 1. The third-order valence-electron chi connectivity index (χ3n) is 5.33. The van der Waals surface area contributed by atoms with Gasteiger partial charge in [-0.1, -0.05) is 36.4 Å². The van der Waals surface area contributed by atoms with E-state index >= 15 is 0 Å². The van der Waals surface area contributed by atoms with Gasteiger partial charge < -0.3 is 21.1 Å². The lowest BCUT2D eigenvalue weighted by Crippen LogP contribution is -2.43. The molecule has 1 aromatic rings. The second-order valence-electron chi connectivity index (χ2n) is 8.17. The number of benzene rings is 1. The molecule has 4 N–H and O–H groups in total. The van der Waals surface area contributed by atoms with E-state index in [4.69, 9.17) is 5.73 Å². The summed E-state index contributed by atoms with van der Waals surface area (Å²) in [6, 6.07) is 8.40. The van der Waals surface area contributed by atoms with E-state index in [2.05, 4.69) is 15.4 Å². The van der Waals surface area contributed by atoms with E-state index in [0.717, 1.165) is 5.56 Å². The summed E-state index contributed by atoms with van der Waals surface area (Å²) in [7, 11) is 0. The Morgan fingerprint density at radius 1 is 1.15 bits per heavy atom. The standard InChI is InChI=1S/C23H30F3N3O4/c1-15(27)21(31)29-18(8-7-16-5-3-2-4-6-16)11-14-20(30)28-17-9-12-19(13-10-17)33-22(32)23(24,25)26/h2-6,11,14-15,17-19H,7-10,12-13,27H2,1H3,(H,28,30)(H,29,31)/b14-11+/t15-,17?,18-,19?/m0/s1. The number of halogens is 3. The third kappa shape index (κ3) is 9.65. The molecule has 0 spiro atoms. The molecule has 1 aromatic carbocycles. The highest BCUT2D eigenvalue weighted by Gasteiger charge is 2.42. The SMILES string of the molecule is C[C@H](N)C(=O)N[C@H](/C=C/C(=O)NC1CCC(OC(=O)C(F)(F)F)CC1)CCc1ccccc1. The fourth-order valence-corrected chi connectivity index (χ4v) is 3.49. The quantitative estimate of drug-likeness (QED) is 0.380. The van der Waals surface area contributed by atoms with Crippen molar-refractivity contribution < 1.29 is 32.3 Å². The lowest BCUT2D eigenvalue weighted by atomic mass is 9.93. The fourth-order valence-electron chi connectivity index (χ4n) is 3.49. The highest BCUT2D eigenvalue weighted by atomic mass is 19.4. The summed E-state index contributed by atoms with van der Waals surface area (Å²) in [5, 5.41) is 5.61. The largest absolute Gasteiger partial charge is 0.490 e. The van der Waals surface area contributed by atoms with E-state index in [9.17, 15) is 27.6 Å². The Morgan fingerprint density at radius 2 is 1.79 bits per heavy atom. The number of amides is 2. The first-order valence-corrected chi connectivity index (χ1v) is 10.9. The summed E-state index contributed by atoms with van der Waals surface area (Å²) in [5.41, 5.74) is 6.72. The molecule has 2 atom stereocenters. The van der Waals surface area contributed by atoms with E-state index in [-0.39, 0.29) is 30.7 Å². The summed E-state index contributed by atoms with van der Waals surface area (Å²) >= 11 is 0. The van der Waals surface area contributed by atoms with Crippen LogP contribution in [0, 0.1) is 0 Å². The second-order valence-corrected chi connectivity index (χ2v) is 8.17. The van der Waals surface area contributed by atoms with Gasteiger partial charge in [0, 0.05) is 18.2 Å². The van der Waals surface area contributed by atoms with Crippen molar-refractivity contribution in [2.75, 3.05) is 0 Å². The van der Waals surface area contributed by atoms with E-state index in [1.54, 1.807) is 13.0 Å². The molecule has 0 aliphatic heterocycles. The van der Waals surface area contributed by atoms with Gasteiger partial charge in [0.25, 0.3) is 0 Å². The lowest BCUT2D eigenvalue weighted by Gasteiger charge is -2.28. The predicted octanol–water partition coefficient (Wildman–Crippen LogP) is 2.54. The molecule has 0 unspecified atom stereocenters. The van der Waals surface area contributed by atoms with Crippen molar-refractivity contribution in [2.45, 2.75) is 75.9 Å². The van der Waals surface area contributed by atoms with Crippen molar-refractivity contribution in [1.29, 1.82) is 0 Å². The lowest BCUT2D eigenvalue weighted by molar-refractivity contribution is -0.206. The first-order valence-electron chi connectivity index (χ1n) is 10.9. The molecule has 10 heteroatoms. The monoisotopic (exact) mass is 469 g/mol. The Labute approximate surface area is 190 Å². The summed E-state index contributed by atoms with van der Waals surface area (Å²) < 4.78 is 41.4. The Kier molecular flexibility index (Phi) is 9.90. The van der Waals surface area contributed by atoms with Crippen LogP contribution in [0.3, 0.4) is 0 Å². The Bertz CT molecular complexity index is 820. The molecule has 1 aliphatic carbocycles. The second kappa shape index (κ2) is 12.4. The number of nitrogens with two attached hydrogens (primary N) is 1. The van der Waals surface area contributed by atoms with Crippen molar-refractivity contribution in [2.24, 2.45) is 5.73 Å². The minimum Gasteiger partial charge on any atom is -0.456 e. The van der Waals surface area contributed by atoms with Gasteiger partial charge in [0.15, 0.2) is 0 Å². The zero-order chi connectivity index (χ0) is 24.4. The highest BCUT2D eigenvalue weighted by molar-refractivity contribution is 5.88. The minimum atomic E-state index is -5.01. The van der Waals surface area contributed by atoms with Gasteiger partial charge in [0.2, 0.25) is 11.8 Å². The van der Waals surface area contributed by atoms with Gasteiger partial charge in [-0.3, -0.25) is 9.59 Å². The molecule has 0 radical (unpaired) electrons. The number of rotatable bonds is 9. The summed E-state index contributed by atoms with van der Waals surface area (Å²) in [6.45, 7) is 1.57. The maximum atomic E-state index is 12.3. The van der Waals surface area contributed by atoms with Crippen LogP contribution in [0.2, 0.25) is 0 Å². The van der Waals surface area contributed by atoms with Gasteiger partial charge in [0.05, 0.1) is 6.04 Å². The van der Waals surface area contributed by atoms with Crippen molar-refractivity contribution in [3.63, 3.8) is 0 Å². The molecule has 1 aliphatic rings. The first kappa shape index (κ1) is 26.4. The van der Waals surface area contributed by atoms with Gasteiger partial charge >= 0.3 is 12.1 Å². The molecule has 0 aromatic heterocycles. The van der Waals surface area contributed by atoms with E-state index < -0.39 is 30.3 Å². The van der Waals surface area contributed by atoms with Crippen LogP contribution in [0.5, 0.6) is 0 Å². The van der Waals surface area contributed by atoms with Crippen molar-refractivity contribution in [3.8, 4) is 0 Å². The topological polar surface area (TPSA) is 111 Å². The zero-order valence-electron chi connectivity index (χ0n) is 18.4. The van der Waals surface area contributed by atoms with Crippen molar-refractivity contribution in [1.82, 2.24) is 10.6 Å². The zero-order valence-corrected chi connectivity index (χ0v) is 18.4.